The Bertz CT molecular complexity index is 1190. The molecule has 8 nitrogen and oxygen atoms in total. The van der Waals surface area contributed by atoms with Crippen molar-refractivity contribution in [3.63, 3.8) is 0 Å². The van der Waals surface area contributed by atoms with E-state index in [1.807, 2.05) is 56.3 Å². The van der Waals surface area contributed by atoms with Crippen LogP contribution < -0.4 is 20.1 Å². The van der Waals surface area contributed by atoms with Crippen LogP contribution in [0.15, 0.2) is 47.8 Å². The molecule has 3 amide bonds. The van der Waals surface area contributed by atoms with Crippen LogP contribution in [-0.2, 0) is 13.1 Å². The van der Waals surface area contributed by atoms with Crippen molar-refractivity contribution in [3.05, 3.63) is 69.7 Å². The molecule has 0 saturated heterocycles. The smallest absolute Gasteiger partial charge is 0.322 e. The zero-order chi connectivity index (χ0) is 24.9. The van der Waals surface area contributed by atoms with Crippen LogP contribution in [0.3, 0.4) is 0 Å². The van der Waals surface area contributed by atoms with E-state index in [9.17, 15) is 9.59 Å². The fourth-order valence-electron chi connectivity index (χ4n) is 3.59. The number of fused-ring (bicyclic) bond motifs is 1. The molecule has 1 aliphatic rings. The van der Waals surface area contributed by atoms with Gasteiger partial charge in [0.25, 0.3) is 5.91 Å². The number of ether oxygens (including phenoxy) is 2. The highest BCUT2D eigenvalue weighted by Crippen LogP contribution is 2.32. The van der Waals surface area contributed by atoms with Crippen LogP contribution in [0.2, 0.25) is 0 Å². The third kappa shape index (κ3) is 6.10. The Balaban J connectivity index is 1.34. The molecule has 1 aromatic heterocycles. The van der Waals surface area contributed by atoms with Crippen molar-refractivity contribution in [2.24, 2.45) is 0 Å². The summed E-state index contributed by atoms with van der Waals surface area (Å²) in [7, 11) is 0. The van der Waals surface area contributed by atoms with Crippen molar-refractivity contribution >= 4 is 29.0 Å². The van der Waals surface area contributed by atoms with E-state index in [1.165, 1.54) is 16.9 Å². The van der Waals surface area contributed by atoms with Gasteiger partial charge in [-0.2, -0.15) is 0 Å². The molecule has 1 aliphatic heterocycles. The molecular weight excluding hydrogens is 464 g/mol. The molecule has 0 unspecified atom stereocenters. The number of anilines is 1. The summed E-state index contributed by atoms with van der Waals surface area (Å²) in [5, 5.41) is 8.25. The molecule has 0 atom stereocenters. The third-order valence-corrected chi connectivity index (χ3v) is 6.53. The van der Waals surface area contributed by atoms with Crippen molar-refractivity contribution < 1.29 is 19.1 Å². The first-order valence-corrected chi connectivity index (χ1v) is 12.5. The number of rotatable bonds is 8. The average molecular weight is 495 g/mol. The molecule has 2 heterocycles. The van der Waals surface area contributed by atoms with Crippen molar-refractivity contribution in [3.8, 4) is 11.5 Å². The Morgan fingerprint density at radius 3 is 2.51 bits per heavy atom. The molecule has 0 spiro atoms. The van der Waals surface area contributed by atoms with Gasteiger partial charge in [0, 0.05) is 23.7 Å². The largest absolute Gasteiger partial charge is 0.454 e. The number of carbonyl (C=O) groups excluding carboxylic acids is 2. The van der Waals surface area contributed by atoms with Gasteiger partial charge in [0.05, 0.1) is 6.54 Å². The Morgan fingerprint density at radius 2 is 1.80 bits per heavy atom. The lowest BCUT2D eigenvalue weighted by atomic mass is 10.0. The van der Waals surface area contributed by atoms with E-state index in [1.54, 1.807) is 10.3 Å². The van der Waals surface area contributed by atoms with Gasteiger partial charge in [0.2, 0.25) is 6.79 Å². The van der Waals surface area contributed by atoms with E-state index < -0.39 is 0 Å². The van der Waals surface area contributed by atoms with Gasteiger partial charge in [-0.3, -0.25) is 4.79 Å². The maximum Gasteiger partial charge on any atom is 0.322 e. The highest BCUT2D eigenvalue weighted by Gasteiger charge is 2.21. The summed E-state index contributed by atoms with van der Waals surface area (Å²) in [5.41, 5.74) is 3.20. The van der Waals surface area contributed by atoms with Gasteiger partial charge in [-0.05, 0) is 55.2 Å². The average Bonchev–Trinajstić information content (AvgIpc) is 3.50. The highest BCUT2D eigenvalue weighted by atomic mass is 32.1. The number of aromatic nitrogens is 1. The number of thiazole rings is 1. The second kappa shape index (κ2) is 10.8. The fourth-order valence-corrected chi connectivity index (χ4v) is 4.36. The Labute approximate surface area is 209 Å². The zero-order valence-electron chi connectivity index (χ0n) is 20.3. The van der Waals surface area contributed by atoms with Crippen molar-refractivity contribution in [2.75, 3.05) is 12.1 Å². The molecule has 4 rings (SSSR count). The summed E-state index contributed by atoms with van der Waals surface area (Å²) in [4.78, 5) is 31.7. The summed E-state index contributed by atoms with van der Waals surface area (Å²) in [5.74, 6) is 1.54. The number of hydrogen-bond donors (Lipinski definition) is 2. The summed E-state index contributed by atoms with van der Waals surface area (Å²) < 4.78 is 10.7. The number of nitrogens with one attached hydrogen (secondary N) is 2. The number of benzene rings is 2. The lowest BCUT2D eigenvalue weighted by Crippen LogP contribution is -2.39. The van der Waals surface area contributed by atoms with Crippen LogP contribution in [0.5, 0.6) is 11.5 Å². The van der Waals surface area contributed by atoms with Gasteiger partial charge in [-0.25, -0.2) is 9.78 Å². The first kappa shape index (κ1) is 24.5. The Hall–Kier alpha value is -3.59. The summed E-state index contributed by atoms with van der Waals surface area (Å²) in [6.07, 6.45) is 0. The SMILES string of the molecule is CC(C)c1ccc(NC(=O)N(Cc2nc(C(=O)NCc3ccc4c(c3)OCO4)cs2)C(C)C)cc1. The van der Waals surface area contributed by atoms with Gasteiger partial charge < -0.3 is 25.0 Å². The van der Waals surface area contributed by atoms with Crippen LogP contribution in [0, 0.1) is 0 Å². The minimum atomic E-state index is -0.268. The topological polar surface area (TPSA) is 92.8 Å². The predicted octanol–water partition coefficient (Wildman–Crippen LogP) is 5.37. The second-order valence-corrected chi connectivity index (χ2v) is 9.87. The first-order chi connectivity index (χ1) is 16.8. The van der Waals surface area contributed by atoms with E-state index in [-0.39, 0.29) is 24.8 Å². The minimum absolute atomic E-state index is 0.0443. The monoisotopic (exact) mass is 494 g/mol. The van der Waals surface area contributed by atoms with Gasteiger partial charge >= 0.3 is 6.03 Å². The second-order valence-electron chi connectivity index (χ2n) is 8.93. The molecule has 2 aromatic carbocycles. The van der Waals surface area contributed by atoms with E-state index >= 15 is 0 Å². The highest BCUT2D eigenvalue weighted by molar-refractivity contribution is 7.09. The number of carbonyl (C=O) groups is 2. The molecule has 35 heavy (non-hydrogen) atoms. The van der Waals surface area contributed by atoms with Gasteiger partial charge in [-0.15, -0.1) is 11.3 Å². The van der Waals surface area contributed by atoms with Crippen molar-refractivity contribution in [1.29, 1.82) is 0 Å². The Morgan fingerprint density at radius 1 is 1.06 bits per heavy atom. The van der Waals surface area contributed by atoms with Crippen LogP contribution in [0.1, 0.15) is 60.2 Å². The molecule has 3 aromatic rings. The molecule has 0 fully saturated rings. The standard InChI is InChI=1S/C26H30N4O4S/c1-16(2)19-6-8-20(9-7-19)28-26(32)30(17(3)4)13-24-29-21(14-35-24)25(31)27-12-18-5-10-22-23(11-18)34-15-33-22/h5-11,14,16-17H,12-13,15H2,1-4H3,(H,27,31)(H,28,32). The molecule has 0 radical (unpaired) electrons. The van der Waals surface area contributed by atoms with E-state index in [4.69, 9.17) is 9.47 Å². The molecule has 0 saturated carbocycles. The van der Waals surface area contributed by atoms with Crippen molar-refractivity contribution in [1.82, 2.24) is 15.2 Å². The maximum absolute atomic E-state index is 13.0. The Kier molecular flexibility index (Phi) is 7.55. The normalized spacial score (nSPS) is 12.2. The molecule has 2 N–H and O–H groups in total. The van der Waals surface area contributed by atoms with Crippen LogP contribution >= 0.6 is 11.3 Å². The van der Waals surface area contributed by atoms with Gasteiger partial charge in [-0.1, -0.05) is 32.0 Å². The van der Waals surface area contributed by atoms with E-state index in [2.05, 4.69) is 29.5 Å². The zero-order valence-corrected chi connectivity index (χ0v) is 21.1. The van der Waals surface area contributed by atoms with Crippen LogP contribution in [0.4, 0.5) is 10.5 Å². The van der Waals surface area contributed by atoms with Gasteiger partial charge in [0.1, 0.15) is 10.7 Å². The molecule has 184 valence electrons. The molecule has 9 heteroatoms. The number of nitrogens with zero attached hydrogens (tertiary/aromatic N) is 2. The minimum Gasteiger partial charge on any atom is -0.454 e. The quantitative estimate of drug-likeness (QED) is 0.439. The lowest BCUT2D eigenvalue weighted by molar-refractivity contribution is 0.0946. The fraction of sp³-hybridized carbons (Fsp3) is 0.346. The molecular formula is C26H30N4O4S. The molecule has 0 aliphatic carbocycles. The maximum atomic E-state index is 13.0. The summed E-state index contributed by atoms with van der Waals surface area (Å²) in [6.45, 7) is 9.04. The van der Waals surface area contributed by atoms with E-state index in [0.29, 0.717) is 41.2 Å². The lowest BCUT2D eigenvalue weighted by Gasteiger charge is -2.26. The first-order valence-electron chi connectivity index (χ1n) is 11.6. The third-order valence-electron chi connectivity index (χ3n) is 5.69. The van der Waals surface area contributed by atoms with Crippen LogP contribution in [-0.4, -0.2) is 34.7 Å². The van der Waals surface area contributed by atoms with Crippen molar-refractivity contribution in [2.45, 2.75) is 52.7 Å². The number of hydrogen-bond acceptors (Lipinski definition) is 6. The predicted molar refractivity (Wildman–Crippen MR) is 136 cm³/mol. The number of urea groups is 1. The molecule has 0 bridgehead atoms. The summed E-state index contributed by atoms with van der Waals surface area (Å²) >= 11 is 1.36. The number of amides is 3. The van der Waals surface area contributed by atoms with Gasteiger partial charge in [0.15, 0.2) is 11.5 Å². The van der Waals surface area contributed by atoms with E-state index in [0.717, 1.165) is 11.3 Å². The summed E-state index contributed by atoms with van der Waals surface area (Å²) in [6, 6.07) is 13.2. The van der Waals surface area contributed by atoms with Crippen LogP contribution in [0.25, 0.3) is 0 Å².